The molecule has 0 N–H and O–H groups in total. The van der Waals surface area contributed by atoms with Crippen molar-refractivity contribution in [1.29, 1.82) is 0 Å². The van der Waals surface area contributed by atoms with Crippen LogP contribution in [0.25, 0.3) is 0 Å². The molecule has 0 unspecified atom stereocenters. The molecule has 4 heteroatoms. The van der Waals surface area contributed by atoms with Crippen LogP contribution < -0.4 is 14.2 Å². The zero-order valence-corrected chi connectivity index (χ0v) is 11.1. The van der Waals surface area contributed by atoms with E-state index < -0.39 is 0 Å². The molecule has 98 valence electrons. The number of carbonyl (C=O) groups excluding carboxylic acids is 1. The lowest BCUT2D eigenvalue weighted by Crippen LogP contribution is -2.02. The summed E-state index contributed by atoms with van der Waals surface area (Å²) in [4.78, 5) is 11.0. The molecule has 0 aliphatic carbocycles. The van der Waals surface area contributed by atoms with E-state index in [0.717, 1.165) is 11.9 Å². The molecule has 0 saturated carbocycles. The van der Waals surface area contributed by atoms with Gasteiger partial charge in [0.05, 0.1) is 19.8 Å². The molecule has 1 aromatic rings. The van der Waals surface area contributed by atoms with Crippen LogP contribution in [-0.2, 0) is 0 Å². The van der Waals surface area contributed by atoms with Crippen molar-refractivity contribution in [3.63, 3.8) is 0 Å². The molecule has 0 aliphatic heterocycles. The summed E-state index contributed by atoms with van der Waals surface area (Å²) in [5, 5.41) is 0. The van der Waals surface area contributed by atoms with Gasteiger partial charge in [0.15, 0.2) is 17.8 Å². The monoisotopic (exact) mass is 250 g/mol. The molecule has 0 amide bonds. The highest BCUT2D eigenvalue weighted by Gasteiger charge is 2.15. The highest BCUT2D eigenvalue weighted by atomic mass is 16.5. The molecule has 1 rings (SSSR count). The highest BCUT2D eigenvalue weighted by molar-refractivity contribution is 5.82. The Bertz CT molecular complexity index is 445. The molecular weight excluding hydrogens is 232 g/mol. The van der Waals surface area contributed by atoms with Crippen molar-refractivity contribution in [2.45, 2.75) is 13.8 Å². The molecule has 0 atom stereocenters. The highest BCUT2D eigenvalue weighted by Crippen LogP contribution is 2.39. The van der Waals surface area contributed by atoms with Crippen LogP contribution in [0.3, 0.4) is 0 Å². The van der Waals surface area contributed by atoms with Gasteiger partial charge in [-0.25, -0.2) is 0 Å². The number of hydrogen-bond acceptors (Lipinski definition) is 4. The average Bonchev–Trinajstić information content (AvgIpc) is 2.37. The Hall–Kier alpha value is -1.97. The largest absolute Gasteiger partial charge is 0.493 e. The smallest absolute Gasteiger partial charge is 0.204 e. The molecule has 0 aliphatic rings. The first-order chi connectivity index (χ1) is 8.63. The van der Waals surface area contributed by atoms with E-state index in [0.29, 0.717) is 29.4 Å². The maximum atomic E-state index is 11.0. The van der Waals surface area contributed by atoms with Crippen molar-refractivity contribution in [3.05, 3.63) is 29.3 Å². The zero-order chi connectivity index (χ0) is 13.5. The number of hydrogen-bond donors (Lipinski definition) is 0. The molecule has 0 bridgehead atoms. The summed E-state index contributed by atoms with van der Waals surface area (Å²) in [6, 6.07) is 3.32. The molecule has 18 heavy (non-hydrogen) atoms. The zero-order valence-electron chi connectivity index (χ0n) is 11.1. The van der Waals surface area contributed by atoms with E-state index in [4.69, 9.17) is 14.2 Å². The maximum absolute atomic E-state index is 11.0. The number of rotatable bonds is 6. The van der Waals surface area contributed by atoms with Gasteiger partial charge in [-0.15, -0.1) is 0 Å². The lowest BCUT2D eigenvalue weighted by molar-refractivity contribution is 0.111. The minimum Gasteiger partial charge on any atom is -0.493 e. The van der Waals surface area contributed by atoms with Crippen molar-refractivity contribution in [2.75, 3.05) is 20.8 Å². The third-order valence-corrected chi connectivity index (χ3v) is 2.38. The fraction of sp³-hybridized carbons (Fsp3) is 0.357. The van der Waals surface area contributed by atoms with E-state index in [1.54, 1.807) is 12.1 Å². The first kappa shape index (κ1) is 14.1. The van der Waals surface area contributed by atoms with Gasteiger partial charge in [0.2, 0.25) is 5.75 Å². The maximum Gasteiger partial charge on any atom is 0.204 e. The van der Waals surface area contributed by atoms with E-state index in [-0.39, 0.29) is 0 Å². The van der Waals surface area contributed by atoms with Gasteiger partial charge in [-0.1, -0.05) is 5.57 Å². The Morgan fingerprint density at radius 1 is 1.17 bits per heavy atom. The second-order valence-corrected chi connectivity index (χ2v) is 3.93. The van der Waals surface area contributed by atoms with Crippen LogP contribution in [0.5, 0.6) is 17.2 Å². The summed E-state index contributed by atoms with van der Waals surface area (Å²) in [6.45, 7) is 4.34. The second-order valence-electron chi connectivity index (χ2n) is 3.93. The third kappa shape index (κ3) is 3.26. The summed E-state index contributed by atoms with van der Waals surface area (Å²) < 4.78 is 16.0. The van der Waals surface area contributed by atoms with E-state index in [1.807, 2.05) is 19.9 Å². The number of carbonyl (C=O) groups is 1. The molecule has 0 radical (unpaired) electrons. The predicted molar refractivity (Wildman–Crippen MR) is 69.9 cm³/mol. The van der Waals surface area contributed by atoms with Crippen molar-refractivity contribution >= 4 is 6.29 Å². The van der Waals surface area contributed by atoms with E-state index in [9.17, 15) is 4.79 Å². The normalized spacial score (nSPS) is 9.56. The molecule has 1 aromatic carbocycles. The van der Waals surface area contributed by atoms with Gasteiger partial charge in [-0.2, -0.15) is 0 Å². The van der Waals surface area contributed by atoms with Gasteiger partial charge in [-0.05, 0) is 32.1 Å². The summed E-state index contributed by atoms with van der Waals surface area (Å²) in [5.74, 6) is 1.38. The predicted octanol–water partition coefficient (Wildman–Crippen LogP) is 2.86. The van der Waals surface area contributed by atoms with E-state index in [2.05, 4.69) is 0 Å². The van der Waals surface area contributed by atoms with Crippen LogP contribution in [0.2, 0.25) is 0 Å². The van der Waals surface area contributed by atoms with Crippen LogP contribution in [0, 0.1) is 0 Å². The van der Waals surface area contributed by atoms with E-state index >= 15 is 0 Å². The Morgan fingerprint density at radius 3 is 2.39 bits per heavy atom. The Balaban J connectivity index is 3.11. The van der Waals surface area contributed by atoms with Crippen LogP contribution in [0.15, 0.2) is 23.8 Å². The van der Waals surface area contributed by atoms with E-state index in [1.165, 1.54) is 14.2 Å². The molecule has 0 aromatic heterocycles. The van der Waals surface area contributed by atoms with Gasteiger partial charge < -0.3 is 14.2 Å². The molecule has 0 saturated heterocycles. The summed E-state index contributed by atoms with van der Waals surface area (Å²) in [5.41, 5.74) is 1.58. The SMILES string of the molecule is COc1ccc(C=O)c(OCC=C(C)C)c1OC. The van der Waals surface area contributed by atoms with Gasteiger partial charge >= 0.3 is 0 Å². The van der Waals surface area contributed by atoms with Gasteiger partial charge in [0.25, 0.3) is 0 Å². The number of benzene rings is 1. The van der Waals surface area contributed by atoms with Crippen LogP contribution in [-0.4, -0.2) is 27.1 Å². The Labute approximate surface area is 107 Å². The second kappa shape index (κ2) is 6.69. The van der Waals surface area contributed by atoms with Gasteiger partial charge in [-0.3, -0.25) is 4.79 Å². The van der Waals surface area contributed by atoms with Crippen molar-refractivity contribution in [1.82, 2.24) is 0 Å². The fourth-order valence-corrected chi connectivity index (χ4v) is 1.45. The number of ether oxygens (including phenoxy) is 3. The number of methoxy groups -OCH3 is 2. The average molecular weight is 250 g/mol. The molecular formula is C14H18O4. The minimum atomic E-state index is 0.382. The van der Waals surface area contributed by atoms with Gasteiger partial charge in [0.1, 0.15) is 6.61 Å². The standard InChI is InChI=1S/C14H18O4/c1-10(2)7-8-18-13-11(9-15)5-6-12(16-3)14(13)17-4/h5-7,9H,8H2,1-4H3. The topological polar surface area (TPSA) is 44.8 Å². The van der Waals surface area contributed by atoms with Crippen LogP contribution in [0.4, 0.5) is 0 Å². The van der Waals surface area contributed by atoms with Crippen molar-refractivity contribution in [2.24, 2.45) is 0 Å². The van der Waals surface area contributed by atoms with Crippen molar-refractivity contribution < 1.29 is 19.0 Å². The first-order valence-corrected chi connectivity index (χ1v) is 5.60. The van der Waals surface area contributed by atoms with Crippen LogP contribution >= 0.6 is 0 Å². The number of allylic oxidation sites excluding steroid dienone is 1. The Morgan fingerprint density at radius 2 is 1.89 bits per heavy atom. The summed E-state index contributed by atoms with van der Waals surface area (Å²) >= 11 is 0. The van der Waals surface area contributed by atoms with Crippen molar-refractivity contribution in [3.8, 4) is 17.2 Å². The fourth-order valence-electron chi connectivity index (χ4n) is 1.45. The third-order valence-electron chi connectivity index (χ3n) is 2.38. The number of aldehydes is 1. The van der Waals surface area contributed by atoms with Gasteiger partial charge in [0, 0.05) is 0 Å². The molecule has 0 fully saturated rings. The molecule has 0 heterocycles. The summed E-state index contributed by atoms with van der Waals surface area (Å²) in [6.07, 6.45) is 2.66. The van der Waals surface area contributed by atoms with Crippen LogP contribution in [0.1, 0.15) is 24.2 Å². The summed E-state index contributed by atoms with van der Waals surface area (Å²) in [7, 11) is 3.05. The molecule has 0 spiro atoms. The lowest BCUT2D eigenvalue weighted by atomic mass is 10.2. The minimum absolute atomic E-state index is 0.382. The first-order valence-electron chi connectivity index (χ1n) is 5.60. The Kier molecular flexibility index (Phi) is 5.24. The quantitative estimate of drug-likeness (QED) is 0.575. The lowest BCUT2D eigenvalue weighted by Gasteiger charge is -2.14. The molecule has 4 nitrogen and oxygen atoms in total.